The molecule has 2 unspecified atom stereocenters. The fourth-order valence-electron chi connectivity index (χ4n) is 9.70. The van der Waals surface area contributed by atoms with Crippen LogP contribution in [0.1, 0.15) is 22.3 Å². The smallest absolute Gasteiger partial charge is 0.0925 e. The highest BCUT2D eigenvalue weighted by atomic mass is 28.3. The van der Waals surface area contributed by atoms with Crippen LogP contribution < -0.4 is 15.6 Å². The SMILES string of the molecule is C[SiH](C=Cc1cccc2ccccc12)c1ccccc1.C[SiH](CCc1cccc2ccccc12)c1ccccc1.C[Si](C=Cc1cccc2ccccc12)(C=Cc1cccc2ccccc12)c1ccccc1. The van der Waals surface area contributed by atoms with Gasteiger partial charge in [-0.15, -0.1) is 0 Å². The molecule has 0 saturated heterocycles. The summed E-state index contributed by atoms with van der Waals surface area (Å²) in [4.78, 5) is 0. The molecule has 0 radical (unpaired) electrons. The fourth-order valence-corrected chi connectivity index (χ4v) is 15.7. The lowest BCUT2D eigenvalue weighted by molar-refractivity contribution is 1.13. The minimum Gasteiger partial charge on any atom is -0.0925 e. The maximum atomic E-state index is 2.46. The molecule has 72 heavy (non-hydrogen) atoms. The molecule has 2 atom stereocenters. The molecule has 0 N–H and O–H groups in total. The number of hydrogen-bond acceptors (Lipinski definition) is 0. The lowest BCUT2D eigenvalue weighted by Gasteiger charge is -2.20. The van der Waals surface area contributed by atoms with Crippen LogP contribution in [-0.2, 0) is 6.42 Å². The summed E-state index contributed by atoms with van der Waals surface area (Å²) in [6.07, 6.45) is 8.15. The van der Waals surface area contributed by atoms with E-state index in [1.54, 1.807) is 5.19 Å². The van der Waals surface area contributed by atoms with Crippen LogP contribution in [0.2, 0.25) is 25.7 Å². The zero-order valence-corrected chi connectivity index (χ0v) is 45.2. The Morgan fingerprint density at radius 2 is 0.708 bits per heavy atom. The van der Waals surface area contributed by atoms with E-state index in [1.165, 1.54) is 88.2 Å². The van der Waals surface area contributed by atoms with E-state index >= 15 is 0 Å². The van der Waals surface area contributed by atoms with Crippen LogP contribution in [0.25, 0.3) is 61.3 Å². The Kier molecular flexibility index (Phi) is 16.7. The van der Waals surface area contributed by atoms with Gasteiger partial charge in [0.15, 0.2) is 0 Å². The normalized spacial score (nSPS) is 13.2. The molecule has 352 valence electrons. The first-order valence-corrected chi connectivity index (χ1v) is 33.1. The maximum absolute atomic E-state index is 2.46. The molecule has 3 heteroatoms. The van der Waals surface area contributed by atoms with E-state index in [0.29, 0.717) is 0 Å². The Morgan fingerprint density at radius 1 is 0.347 bits per heavy atom. The molecule has 0 aliphatic heterocycles. The number of aryl methyl sites for hydroxylation is 1. The minimum absolute atomic E-state index is 0.811. The molecule has 11 rings (SSSR count). The number of benzene rings is 11. The molecule has 0 bridgehead atoms. The zero-order valence-electron chi connectivity index (χ0n) is 41.9. The Bertz CT molecular complexity index is 3470. The largest absolute Gasteiger partial charge is 0.130 e. The van der Waals surface area contributed by atoms with Gasteiger partial charge < -0.3 is 0 Å². The highest BCUT2D eigenvalue weighted by Gasteiger charge is 2.23. The van der Waals surface area contributed by atoms with Crippen molar-refractivity contribution in [3.63, 3.8) is 0 Å². The quantitative estimate of drug-likeness (QED) is 0.107. The van der Waals surface area contributed by atoms with Crippen molar-refractivity contribution in [3.8, 4) is 0 Å². The van der Waals surface area contributed by atoms with Crippen molar-refractivity contribution in [1.29, 1.82) is 0 Å². The second-order valence-electron chi connectivity index (χ2n) is 19.1. The summed E-state index contributed by atoms with van der Waals surface area (Å²) >= 11 is 0. The van der Waals surface area contributed by atoms with E-state index in [9.17, 15) is 0 Å². The van der Waals surface area contributed by atoms with Gasteiger partial charge in [0, 0.05) is 0 Å². The third kappa shape index (κ3) is 12.6. The van der Waals surface area contributed by atoms with Crippen LogP contribution in [0.15, 0.2) is 278 Å². The van der Waals surface area contributed by atoms with Crippen molar-refractivity contribution in [3.05, 3.63) is 300 Å². The summed E-state index contributed by atoms with van der Waals surface area (Å²) in [5.74, 6) is 0. The summed E-state index contributed by atoms with van der Waals surface area (Å²) in [7, 11) is -3.83. The van der Waals surface area contributed by atoms with Crippen molar-refractivity contribution in [2.24, 2.45) is 0 Å². The average Bonchev–Trinajstić information content (AvgIpc) is 3.45. The van der Waals surface area contributed by atoms with Crippen molar-refractivity contribution in [2.45, 2.75) is 32.1 Å². The van der Waals surface area contributed by atoms with Crippen molar-refractivity contribution in [2.75, 3.05) is 0 Å². The zero-order chi connectivity index (χ0) is 49.4. The molecule has 11 aromatic rings. The monoisotopic (exact) mass is 976 g/mol. The van der Waals surface area contributed by atoms with E-state index in [4.69, 9.17) is 0 Å². The van der Waals surface area contributed by atoms with Crippen molar-refractivity contribution >= 4 is 103 Å². The summed E-state index contributed by atoms with van der Waals surface area (Å²) in [6.45, 7) is 7.25. The van der Waals surface area contributed by atoms with Gasteiger partial charge in [0.25, 0.3) is 0 Å². The van der Waals surface area contributed by atoms with E-state index in [2.05, 4.69) is 316 Å². The minimum atomic E-state index is -2.03. The summed E-state index contributed by atoms with van der Waals surface area (Å²) in [6, 6.07) is 94.9. The lowest BCUT2D eigenvalue weighted by Crippen LogP contribution is -2.41. The third-order valence-corrected chi connectivity index (χ3v) is 22.2. The van der Waals surface area contributed by atoms with Crippen LogP contribution in [0.3, 0.4) is 0 Å². The van der Waals surface area contributed by atoms with Crippen molar-refractivity contribution < 1.29 is 0 Å². The van der Waals surface area contributed by atoms with Crippen LogP contribution in [-0.4, -0.2) is 25.7 Å². The molecule has 0 nitrogen and oxygen atoms in total. The van der Waals surface area contributed by atoms with Crippen molar-refractivity contribution in [1.82, 2.24) is 0 Å². The van der Waals surface area contributed by atoms with Gasteiger partial charge in [0.2, 0.25) is 0 Å². The number of hydrogen-bond donors (Lipinski definition) is 0. The summed E-state index contributed by atoms with van der Waals surface area (Å²) in [5.41, 5.74) is 12.7. The molecule has 0 heterocycles. The fraction of sp³-hybridized carbons (Fsp3) is 0.0725. The molecule has 0 amide bonds. The van der Waals surface area contributed by atoms with Crippen LogP contribution in [0.4, 0.5) is 0 Å². The first-order valence-electron chi connectivity index (χ1n) is 25.5. The van der Waals surface area contributed by atoms with Gasteiger partial charge in [0.05, 0.1) is 17.6 Å². The van der Waals surface area contributed by atoms with E-state index in [-0.39, 0.29) is 0 Å². The maximum Gasteiger partial charge on any atom is 0.130 e. The first kappa shape index (κ1) is 49.3. The highest BCUT2D eigenvalue weighted by Crippen LogP contribution is 2.25. The third-order valence-electron chi connectivity index (χ3n) is 14.1. The van der Waals surface area contributed by atoms with E-state index < -0.39 is 25.7 Å². The van der Waals surface area contributed by atoms with E-state index in [0.717, 1.165) is 0 Å². The van der Waals surface area contributed by atoms with Gasteiger partial charge in [-0.2, -0.15) is 0 Å². The topological polar surface area (TPSA) is 0 Å². The Morgan fingerprint density at radius 3 is 1.19 bits per heavy atom. The molecular weight excluding hydrogens is 913 g/mol. The van der Waals surface area contributed by atoms with Crippen LogP contribution in [0.5, 0.6) is 0 Å². The predicted molar refractivity (Wildman–Crippen MR) is 327 cm³/mol. The van der Waals surface area contributed by atoms with Crippen LogP contribution in [0, 0.1) is 0 Å². The molecule has 0 aliphatic rings. The van der Waals surface area contributed by atoms with Gasteiger partial charge in [0.1, 0.15) is 8.07 Å². The molecule has 0 fully saturated rings. The van der Waals surface area contributed by atoms with Gasteiger partial charge in [-0.1, -0.05) is 337 Å². The summed E-state index contributed by atoms with van der Waals surface area (Å²) < 4.78 is 0. The number of rotatable bonds is 12. The standard InChI is InChI=1S/C31H26Si.C19H20Si.C19H18Si/c1-32(29-17-3-2-4-18-29,23-21-27-15-9-13-25-11-5-7-19-30(25)27)24-22-28-16-10-14-26-12-6-8-20-31(26)28;2*1-20(18-11-3-2-4-12-18)15-14-17-10-7-9-16-8-5-6-13-19(16)17/h2-24H,1H3;2-13,20H,14-15H2,1H3;2-15,20H,1H3. The van der Waals surface area contributed by atoms with Gasteiger partial charge >= 0.3 is 0 Å². The predicted octanol–water partition coefficient (Wildman–Crippen LogP) is 16.1. The molecule has 0 aliphatic carbocycles. The Hall–Kier alpha value is -7.67. The second-order valence-corrected chi connectivity index (χ2v) is 28.6. The molecule has 0 spiro atoms. The van der Waals surface area contributed by atoms with Crippen LogP contribution >= 0.6 is 0 Å². The Balaban J connectivity index is 0.000000140. The molecule has 11 aromatic carbocycles. The van der Waals surface area contributed by atoms with Gasteiger partial charge in [-0.05, 0) is 71.8 Å². The summed E-state index contributed by atoms with van der Waals surface area (Å²) in [5, 5.41) is 15.1. The molecule has 0 saturated carbocycles. The molecule has 0 aromatic heterocycles. The molecular formula is C69H64Si3. The lowest BCUT2D eigenvalue weighted by atomic mass is 10.0. The average molecular weight is 978 g/mol. The van der Waals surface area contributed by atoms with Gasteiger partial charge in [-0.3, -0.25) is 0 Å². The first-order chi connectivity index (χ1) is 35.4. The van der Waals surface area contributed by atoms with E-state index in [1.807, 2.05) is 0 Å². The highest BCUT2D eigenvalue weighted by molar-refractivity contribution is 6.99. The second kappa shape index (κ2) is 24.4. The van der Waals surface area contributed by atoms with Gasteiger partial charge in [-0.25, -0.2) is 0 Å². The Labute approximate surface area is 432 Å². The number of fused-ring (bicyclic) bond motifs is 4.